The molecule has 2 aromatic carbocycles. The van der Waals surface area contributed by atoms with Gasteiger partial charge in [0.1, 0.15) is 5.78 Å². The van der Waals surface area contributed by atoms with E-state index in [0.29, 0.717) is 16.5 Å². The lowest BCUT2D eigenvalue weighted by atomic mass is 9.98. The van der Waals surface area contributed by atoms with Crippen molar-refractivity contribution in [3.8, 4) is 22.5 Å². The highest BCUT2D eigenvalue weighted by Gasteiger charge is 2.16. The van der Waals surface area contributed by atoms with Gasteiger partial charge in [-0.2, -0.15) is 0 Å². The summed E-state index contributed by atoms with van der Waals surface area (Å²) >= 11 is 1.25. The molecule has 0 spiro atoms. The van der Waals surface area contributed by atoms with Crippen LogP contribution in [0.4, 0.5) is 5.69 Å². The minimum absolute atomic E-state index is 0.0253. The van der Waals surface area contributed by atoms with Gasteiger partial charge < -0.3 is 9.55 Å². The number of H-pyrrole nitrogens is 1. The van der Waals surface area contributed by atoms with Gasteiger partial charge in [0.05, 0.1) is 16.2 Å². The summed E-state index contributed by atoms with van der Waals surface area (Å²) in [5, 5.41) is 21.3. The summed E-state index contributed by atoms with van der Waals surface area (Å²) in [5.41, 5.74) is 4.37. The fourth-order valence-corrected chi connectivity index (χ4v) is 4.09. The van der Waals surface area contributed by atoms with Gasteiger partial charge >= 0.3 is 0 Å². The Labute approximate surface area is 176 Å². The number of Topliss-reactive ketones (excluding diaryl/α,β-unsaturated/α-hetero) is 1. The topological polar surface area (TPSA) is 107 Å². The zero-order chi connectivity index (χ0) is 21.4. The van der Waals surface area contributed by atoms with E-state index in [-0.39, 0.29) is 17.2 Å². The van der Waals surface area contributed by atoms with Crippen LogP contribution in [-0.4, -0.2) is 36.2 Å². The number of nitrogens with zero attached hydrogens (tertiary/aromatic N) is 4. The van der Waals surface area contributed by atoms with Crippen molar-refractivity contribution in [2.75, 3.05) is 5.75 Å². The lowest BCUT2D eigenvalue weighted by Crippen LogP contribution is -1.93. The first kappa shape index (κ1) is 19.8. The number of carbonyl (C=O) groups excluding carboxylic acids is 1. The molecule has 4 aromatic rings. The average Bonchev–Trinajstić information content (AvgIpc) is 3.33. The van der Waals surface area contributed by atoms with E-state index in [1.807, 2.05) is 44.4 Å². The number of fused-ring (bicyclic) bond motifs is 1. The monoisotopic (exact) mass is 421 g/mol. The van der Waals surface area contributed by atoms with E-state index in [1.165, 1.54) is 24.8 Å². The number of thioether (sulfide) groups is 1. The molecule has 0 aliphatic rings. The van der Waals surface area contributed by atoms with Crippen LogP contribution in [0.15, 0.2) is 47.8 Å². The number of aromatic amines is 1. The maximum atomic E-state index is 11.5. The van der Waals surface area contributed by atoms with Crippen LogP contribution in [0.1, 0.15) is 12.5 Å². The van der Waals surface area contributed by atoms with Gasteiger partial charge in [-0.05, 0) is 54.8 Å². The van der Waals surface area contributed by atoms with Crippen molar-refractivity contribution in [2.45, 2.75) is 19.0 Å². The minimum Gasteiger partial charge on any atom is -0.350 e. The predicted molar refractivity (Wildman–Crippen MR) is 117 cm³/mol. The van der Waals surface area contributed by atoms with Gasteiger partial charge in [-0.15, -0.1) is 10.2 Å². The highest BCUT2D eigenvalue weighted by atomic mass is 32.2. The lowest BCUT2D eigenvalue weighted by Gasteiger charge is -2.08. The molecule has 0 saturated carbocycles. The number of benzene rings is 2. The molecule has 2 aromatic heterocycles. The minimum atomic E-state index is -0.414. The summed E-state index contributed by atoms with van der Waals surface area (Å²) < 4.78 is 2.06. The zero-order valence-electron chi connectivity index (χ0n) is 16.7. The molecule has 0 aliphatic carbocycles. The zero-order valence-corrected chi connectivity index (χ0v) is 17.5. The van der Waals surface area contributed by atoms with Crippen LogP contribution in [0.25, 0.3) is 33.4 Å². The van der Waals surface area contributed by atoms with Crippen molar-refractivity contribution in [3.63, 3.8) is 0 Å². The largest absolute Gasteiger partial charge is 0.350 e. The summed E-state index contributed by atoms with van der Waals surface area (Å²) in [6.07, 6.45) is 2.00. The van der Waals surface area contributed by atoms with Crippen LogP contribution in [0.3, 0.4) is 0 Å². The van der Waals surface area contributed by atoms with Crippen molar-refractivity contribution in [3.05, 3.63) is 58.3 Å². The molecule has 0 radical (unpaired) electrons. The Morgan fingerprint density at radius 1 is 1.17 bits per heavy atom. The van der Waals surface area contributed by atoms with E-state index in [1.54, 1.807) is 6.07 Å². The third kappa shape index (κ3) is 3.84. The number of aryl methyl sites for hydroxylation is 2. The summed E-state index contributed by atoms with van der Waals surface area (Å²) in [5.74, 6) is 0.733. The van der Waals surface area contributed by atoms with Crippen molar-refractivity contribution in [2.24, 2.45) is 7.05 Å². The van der Waals surface area contributed by atoms with E-state index in [9.17, 15) is 14.9 Å². The van der Waals surface area contributed by atoms with E-state index in [0.717, 1.165) is 27.6 Å². The summed E-state index contributed by atoms with van der Waals surface area (Å²) in [7, 11) is 1.99. The first-order valence-electron chi connectivity index (χ1n) is 9.22. The van der Waals surface area contributed by atoms with Crippen LogP contribution < -0.4 is 0 Å². The summed E-state index contributed by atoms with van der Waals surface area (Å²) in [4.78, 5) is 25.3. The molecule has 0 saturated heterocycles. The fourth-order valence-electron chi connectivity index (χ4n) is 3.48. The molecule has 9 heteroatoms. The highest BCUT2D eigenvalue weighted by Crippen LogP contribution is 2.33. The molecule has 30 heavy (non-hydrogen) atoms. The van der Waals surface area contributed by atoms with Gasteiger partial charge in [-0.25, -0.2) is 0 Å². The van der Waals surface area contributed by atoms with Gasteiger partial charge in [-0.3, -0.25) is 14.9 Å². The van der Waals surface area contributed by atoms with Gasteiger partial charge in [0.2, 0.25) is 0 Å². The first-order chi connectivity index (χ1) is 14.3. The summed E-state index contributed by atoms with van der Waals surface area (Å²) in [6, 6.07) is 11.0. The number of nitrogens with one attached hydrogen (secondary N) is 1. The molecule has 0 amide bonds. The van der Waals surface area contributed by atoms with E-state index < -0.39 is 4.92 Å². The molecule has 0 fully saturated rings. The number of hydrogen-bond acceptors (Lipinski definition) is 6. The van der Waals surface area contributed by atoms with Crippen LogP contribution in [-0.2, 0) is 11.8 Å². The summed E-state index contributed by atoms with van der Waals surface area (Å²) in [6.45, 7) is 3.53. The standard InChI is InChI=1S/C21H19N5O3S/c1-12-6-15(7-14-4-5-25(3)19(12)14)16-8-17(10-18(9-16)26(28)29)20-22-21(24-23-20)30-11-13(2)27/h4-10H,11H2,1-3H3,(H,22,23,24). The molecular weight excluding hydrogens is 402 g/mol. The number of rotatable bonds is 6. The van der Waals surface area contributed by atoms with Crippen LogP contribution in [0, 0.1) is 17.0 Å². The third-order valence-corrected chi connectivity index (χ3v) is 5.78. The Bertz CT molecular complexity index is 1290. The van der Waals surface area contributed by atoms with Crippen LogP contribution in [0.2, 0.25) is 0 Å². The smallest absolute Gasteiger partial charge is 0.270 e. The second kappa shape index (κ2) is 7.75. The van der Waals surface area contributed by atoms with E-state index in [2.05, 4.69) is 19.7 Å². The maximum Gasteiger partial charge on any atom is 0.270 e. The lowest BCUT2D eigenvalue weighted by molar-refractivity contribution is -0.384. The Morgan fingerprint density at radius 3 is 2.63 bits per heavy atom. The predicted octanol–water partition coefficient (Wildman–Crippen LogP) is 4.53. The number of nitro benzene ring substituents is 1. The second-order valence-electron chi connectivity index (χ2n) is 7.15. The second-order valence-corrected chi connectivity index (χ2v) is 8.12. The number of ketones is 1. The molecule has 0 unspecified atom stereocenters. The van der Waals surface area contributed by atoms with Gasteiger partial charge in [0.15, 0.2) is 11.0 Å². The molecule has 0 aliphatic heterocycles. The SMILES string of the molecule is CC(=O)CSc1nnc(-c2cc(-c3cc(C)c4c(ccn4C)c3)cc([N+](=O)[O-])c2)[nH]1. The normalized spacial score (nSPS) is 11.2. The fraction of sp³-hybridized carbons (Fsp3) is 0.190. The van der Waals surface area contributed by atoms with Gasteiger partial charge in [0.25, 0.3) is 5.69 Å². The molecular formula is C21H19N5O3S. The van der Waals surface area contributed by atoms with Crippen LogP contribution >= 0.6 is 11.8 Å². The van der Waals surface area contributed by atoms with E-state index >= 15 is 0 Å². The number of nitro groups is 1. The molecule has 2 heterocycles. The number of non-ortho nitro benzene ring substituents is 1. The first-order valence-corrected chi connectivity index (χ1v) is 10.2. The Balaban J connectivity index is 1.79. The highest BCUT2D eigenvalue weighted by molar-refractivity contribution is 7.99. The number of carbonyl (C=O) groups is 1. The molecule has 0 bridgehead atoms. The van der Waals surface area contributed by atoms with Crippen LogP contribution in [0.5, 0.6) is 0 Å². The Kier molecular flexibility index (Phi) is 5.13. The third-order valence-electron chi connectivity index (χ3n) is 4.77. The quantitative estimate of drug-likeness (QED) is 0.278. The van der Waals surface area contributed by atoms with Crippen molar-refractivity contribution in [1.29, 1.82) is 0 Å². The molecule has 152 valence electrons. The number of hydrogen-bond donors (Lipinski definition) is 1. The molecule has 1 N–H and O–H groups in total. The maximum absolute atomic E-state index is 11.5. The van der Waals surface area contributed by atoms with Crippen molar-refractivity contribution < 1.29 is 9.72 Å². The van der Waals surface area contributed by atoms with Crippen molar-refractivity contribution in [1.82, 2.24) is 19.7 Å². The Morgan fingerprint density at radius 2 is 1.90 bits per heavy atom. The Hall–Kier alpha value is -3.46. The molecule has 0 atom stereocenters. The van der Waals surface area contributed by atoms with Gasteiger partial charge in [-0.1, -0.05) is 11.8 Å². The molecule has 4 rings (SSSR count). The van der Waals surface area contributed by atoms with Crippen molar-refractivity contribution >= 4 is 34.1 Å². The van der Waals surface area contributed by atoms with Gasteiger partial charge in [0, 0.05) is 36.3 Å². The van der Waals surface area contributed by atoms with E-state index in [4.69, 9.17) is 0 Å². The molecule has 8 nitrogen and oxygen atoms in total. The average molecular weight is 421 g/mol. The number of aromatic nitrogens is 4.